The van der Waals surface area contributed by atoms with Gasteiger partial charge in [-0.05, 0) is 70.6 Å². The van der Waals surface area contributed by atoms with Gasteiger partial charge < -0.3 is 15.6 Å². The topological polar surface area (TPSA) is 72.5 Å². The number of aliphatic hydroxyl groups is 1. The van der Waals surface area contributed by atoms with E-state index in [2.05, 4.69) is 6.92 Å². The Balaban J connectivity index is 2.15. The lowest BCUT2D eigenvalue weighted by Gasteiger charge is -2.23. The minimum atomic E-state index is -0.118. The lowest BCUT2D eigenvalue weighted by atomic mass is 9.85. The number of hydrogen-bond donors (Lipinski definition) is 2. The van der Waals surface area contributed by atoms with Crippen LogP contribution in [0.4, 0.5) is 0 Å². The van der Waals surface area contributed by atoms with Crippen molar-refractivity contribution in [2.24, 2.45) is 17.6 Å². The van der Waals surface area contributed by atoms with Crippen LogP contribution >= 0.6 is 0 Å². The highest BCUT2D eigenvalue weighted by Gasteiger charge is 2.34. The van der Waals surface area contributed by atoms with Gasteiger partial charge in [0.15, 0.2) is 0 Å². The number of carbonyl (C=O) groups is 1. The van der Waals surface area contributed by atoms with Crippen molar-refractivity contribution in [3.05, 3.63) is 0 Å². The summed E-state index contributed by atoms with van der Waals surface area (Å²) in [5.74, 6) is 1.03. The summed E-state index contributed by atoms with van der Waals surface area (Å²) in [6, 6.07) is 0.334. The van der Waals surface area contributed by atoms with Crippen LogP contribution in [0.3, 0.4) is 0 Å². The second-order valence-corrected chi connectivity index (χ2v) is 8.89. The van der Waals surface area contributed by atoms with Crippen molar-refractivity contribution in [3.8, 4) is 0 Å². The molecular formula is C23H45NO3. The first-order chi connectivity index (χ1) is 12.9. The molecule has 1 rings (SSSR count). The van der Waals surface area contributed by atoms with Crippen LogP contribution in [0.5, 0.6) is 0 Å². The second kappa shape index (κ2) is 14.4. The van der Waals surface area contributed by atoms with Gasteiger partial charge in [-0.25, -0.2) is 0 Å². The van der Waals surface area contributed by atoms with Gasteiger partial charge in [0.25, 0.3) is 0 Å². The van der Waals surface area contributed by atoms with E-state index in [0.717, 1.165) is 57.8 Å². The summed E-state index contributed by atoms with van der Waals surface area (Å²) in [6.07, 6.45) is 15.1. The van der Waals surface area contributed by atoms with Crippen LogP contribution in [-0.2, 0) is 9.53 Å². The fraction of sp³-hybridized carbons (Fsp3) is 0.957. The number of esters is 1. The van der Waals surface area contributed by atoms with Gasteiger partial charge in [-0.3, -0.25) is 4.79 Å². The van der Waals surface area contributed by atoms with E-state index in [0.29, 0.717) is 24.3 Å². The molecule has 1 unspecified atom stereocenters. The molecule has 0 aromatic heterocycles. The molecule has 160 valence electrons. The predicted molar refractivity (Wildman–Crippen MR) is 113 cm³/mol. The molecule has 0 heterocycles. The van der Waals surface area contributed by atoms with E-state index in [1.165, 1.54) is 25.7 Å². The van der Waals surface area contributed by atoms with E-state index in [1.807, 2.05) is 13.8 Å². The lowest BCUT2D eigenvalue weighted by Crippen LogP contribution is -2.24. The van der Waals surface area contributed by atoms with Crippen LogP contribution in [0.25, 0.3) is 0 Å². The molecule has 1 fully saturated rings. The zero-order valence-corrected chi connectivity index (χ0v) is 18.1. The third-order valence-corrected chi connectivity index (χ3v) is 6.06. The molecule has 4 atom stereocenters. The normalized spacial score (nSPS) is 23.7. The first-order valence-corrected chi connectivity index (χ1v) is 11.6. The molecule has 27 heavy (non-hydrogen) atoms. The fourth-order valence-corrected chi connectivity index (χ4v) is 4.47. The molecule has 1 aliphatic rings. The summed E-state index contributed by atoms with van der Waals surface area (Å²) in [5.41, 5.74) is 6.28. The number of aliphatic hydroxyl groups excluding tert-OH is 1. The molecule has 0 bridgehead atoms. The van der Waals surface area contributed by atoms with Gasteiger partial charge >= 0.3 is 5.97 Å². The quantitative estimate of drug-likeness (QED) is 0.295. The summed E-state index contributed by atoms with van der Waals surface area (Å²) in [5, 5.41) is 10.4. The zero-order chi connectivity index (χ0) is 20.1. The highest BCUT2D eigenvalue weighted by atomic mass is 16.5. The molecule has 0 saturated heterocycles. The summed E-state index contributed by atoms with van der Waals surface area (Å²) in [7, 11) is 0. The van der Waals surface area contributed by atoms with Gasteiger partial charge in [0.2, 0.25) is 0 Å². The van der Waals surface area contributed by atoms with E-state index in [9.17, 15) is 9.90 Å². The smallest absolute Gasteiger partial charge is 0.306 e. The lowest BCUT2D eigenvalue weighted by molar-refractivity contribution is -0.147. The minimum Gasteiger partial charge on any atom is -0.463 e. The monoisotopic (exact) mass is 383 g/mol. The van der Waals surface area contributed by atoms with Crippen LogP contribution in [0.15, 0.2) is 0 Å². The van der Waals surface area contributed by atoms with Crippen molar-refractivity contribution in [2.45, 2.75) is 129 Å². The zero-order valence-electron chi connectivity index (χ0n) is 18.1. The highest BCUT2D eigenvalue weighted by molar-refractivity contribution is 5.69. The first kappa shape index (κ1) is 24.4. The SMILES string of the molecule is CCCCCC(N)CC[C@H]1CC[C@H](O)[C@@H]1CCCCCCC(=O)OC(C)C. The van der Waals surface area contributed by atoms with Crippen LogP contribution in [0.1, 0.15) is 111 Å². The van der Waals surface area contributed by atoms with E-state index in [-0.39, 0.29) is 18.2 Å². The van der Waals surface area contributed by atoms with Gasteiger partial charge in [-0.2, -0.15) is 0 Å². The third-order valence-electron chi connectivity index (χ3n) is 6.06. The Morgan fingerprint density at radius 1 is 1.04 bits per heavy atom. The Kier molecular flexibility index (Phi) is 13.0. The van der Waals surface area contributed by atoms with Crippen molar-refractivity contribution in [1.82, 2.24) is 0 Å². The number of ether oxygens (including phenoxy) is 1. The standard InChI is InChI=1S/C23H45NO3/c1-4-5-8-11-20(24)16-14-19-15-17-22(25)21(19)12-9-6-7-10-13-23(26)27-18(2)3/h18-22,25H,4-17,24H2,1-3H3/t19-,20?,21+,22-/m0/s1. The van der Waals surface area contributed by atoms with E-state index < -0.39 is 0 Å². The van der Waals surface area contributed by atoms with Crippen LogP contribution < -0.4 is 5.73 Å². The number of unbranched alkanes of at least 4 members (excludes halogenated alkanes) is 5. The van der Waals surface area contributed by atoms with Gasteiger partial charge in [0.05, 0.1) is 12.2 Å². The summed E-state index contributed by atoms with van der Waals surface area (Å²) in [6.45, 7) is 6.01. The van der Waals surface area contributed by atoms with Crippen LogP contribution in [0, 0.1) is 11.8 Å². The maximum Gasteiger partial charge on any atom is 0.306 e. The predicted octanol–water partition coefficient (Wildman–Crippen LogP) is 5.35. The van der Waals surface area contributed by atoms with Crippen molar-refractivity contribution >= 4 is 5.97 Å². The molecule has 4 heteroatoms. The molecule has 4 nitrogen and oxygen atoms in total. The number of rotatable bonds is 15. The van der Waals surface area contributed by atoms with Crippen LogP contribution in [-0.4, -0.2) is 29.3 Å². The van der Waals surface area contributed by atoms with Gasteiger partial charge in [0.1, 0.15) is 0 Å². The largest absolute Gasteiger partial charge is 0.463 e. The van der Waals surface area contributed by atoms with Crippen LogP contribution in [0.2, 0.25) is 0 Å². The summed E-state index contributed by atoms with van der Waals surface area (Å²) >= 11 is 0. The molecule has 0 aliphatic heterocycles. The Labute approximate surface area is 167 Å². The molecule has 0 spiro atoms. The van der Waals surface area contributed by atoms with Crippen molar-refractivity contribution in [3.63, 3.8) is 0 Å². The number of nitrogens with two attached hydrogens (primary N) is 1. The van der Waals surface area contributed by atoms with E-state index in [4.69, 9.17) is 10.5 Å². The number of hydrogen-bond acceptors (Lipinski definition) is 4. The van der Waals surface area contributed by atoms with E-state index >= 15 is 0 Å². The maximum atomic E-state index is 11.5. The highest BCUT2D eigenvalue weighted by Crippen LogP contribution is 2.38. The average molecular weight is 384 g/mol. The van der Waals surface area contributed by atoms with Crippen molar-refractivity contribution in [2.75, 3.05) is 0 Å². The third kappa shape index (κ3) is 11.1. The Morgan fingerprint density at radius 2 is 1.78 bits per heavy atom. The molecule has 0 amide bonds. The summed E-state index contributed by atoms with van der Waals surface area (Å²) < 4.78 is 5.16. The molecule has 1 saturated carbocycles. The Hall–Kier alpha value is -0.610. The minimum absolute atomic E-state index is 0.0157. The molecule has 3 N–H and O–H groups in total. The molecule has 0 aromatic carbocycles. The Bertz CT molecular complexity index is 386. The van der Waals surface area contributed by atoms with E-state index in [1.54, 1.807) is 0 Å². The van der Waals surface area contributed by atoms with Gasteiger partial charge in [-0.1, -0.05) is 45.4 Å². The fourth-order valence-electron chi connectivity index (χ4n) is 4.47. The molecule has 0 radical (unpaired) electrons. The average Bonchev–Trinajstić information content (AvgIpc) is 2.95. The molecular weight excluding hydrogens is 338 g/mol. The van der Waals surface area contributed by atoms with Crippen molar-refractivity contribution < 1.29 is 14.6 Å². The Morgan fingerprint density at radius 3 is 2.48 bits per heavy atom. The first-order valence-electron chi connectivity index (χ1n) is 11.6. The molecule has 0 aromatic rings. The van der Waals surface area contributed by atoms with Crippen molar-refractivity contribution in [1.29, 1.82) is 0 Å². The van der Waals surface area contributed by atoms with Gasteiger partial charge in [-0.15, -0.1) is 0 Å². The number of carbonyl (C=O) groups excluding carboxylic acids is 1. The second-order valence-electron chi connectivity index (χ2n) is 8.89. The summed E-state index contributed by atoms with van der Waals surface area (Å²) in [4.78, 5) is 11.5. The molecule has 1 aliphatic carbocycles. The van der Waals surface area contributed by atoms with Gasteiger partial charge in [0, 0.05) is 12.5 Å². The maximum absolute atomic E-state index is 11.5.